The molecule has 6 heteroatoms. The molecule has 0 aliphatic heterocycles. The minimum absolute atomic E-state index is 0.0364. The number of carboxylic acid groups (broad SMARTS) is 1. The number of amides is 1. The van der Waals surface area contributed by atoms with Crippen molar-refractivity contribution in [1.82, 2.24) is 9.88 Å². The molecule has 0 atom stereocenters. The van der Waals surface area contributed by atoms with Crippen LogP contribution in [0.15, 0.2) is 48.0 Å². The Kier molecular flexibility index (Phi) is 5.68. The molecule has 0 spiro atoms. The van der Waals surface area contributed by atoms with Crippen molar-refractivity contribution in [1.29, 1.82) is 0 Å². The number of aliphatic carboxylic acids is 1. The van der Waals surface area contributed by atoms with Crippen molar-refractivity contribution in [3.05, 3.63) is 59.1 Å². The normalized spacial score (nSPS) is 18.8. The second kappa shape index (κ2) is 8.54. The molecule has 1 aromatic carbocycles. The molecule has 1 saturated carbocycles. The van der Waals surface area contributed by atoms with Crippen molar-refractivity contribution < 1.29 is 14.7 Å². The van der Waals surface area contributed by atoms with Crippen LogP contribution in [0, 0.1) is 17.8 Å². The molecule has 0 saturated heterocycles. The van der Waals surface area contributed by atoms with Crippen LogP contribution in [-0.2, 0) is 11.3 Å². The van der Waals surface area contributed by atoms with Gasteiger partial charge in [-0.05, 0) is 43.9 Å². The van der Waals surface area contributed by atoms with E-state index in [0.717, 1.165) is 15.8 Å². The first-order valence-electron chi connectivity index (χ1n) is 9.75. The average Bonchev–Trinajstić information content (AvgIpc) is 3.32. The number of aromatic nitrogens is 1. The van der Waals surface area contributed by atoms with Gasteiger partial charge in [0.15, 0.2) is 0 Å². The van der Waals surface area contributed by atoms with Gasteiger partial charge in [0, 0.05) is 23.2 Å². The maximum Gasteiger partial charge on any atom is 0.306 e. The highest BCUT2D eigenvalue weighted by molar-refractivity contribution is 7.17. The Morgan fingerprint density at radius 2 is 1.90 bits per heavy atom. The monoisotopic (exact) mass is 406 g/mol. The van der Waals surface area contributed by atoms with E-state index in [1.807, 2.05) is 52.5 Å². The van der Waals surface area contributed by atoms with Gasteiger partial charge in [0.25, 0.3) is 5.91 Å². The third-order valence-electron chi connectivity index (χ3n) is 5.40. The van der Waals surface area contributed by atoms with E-state index < -0.39 is 5.97 Å². The second-order valence-corrected chi connectivity index (χ2v) is 8.25. The maximum atomic E-state index is 12.9. The van der Waals surface area contributed by atoms with Crippen molar-refractivity contribution in [2.75, 3.05) is 0 Å². The highest BCUT2D eigenvalue weighted by Gasteiger charge is 2.27. The number of carboxylic acids is 1. The number of hydrogen-bond acceptors (Lipinski definition) is 3. The summed E-state index contributed by atoms with van der Waals surface area (Å²) in [5, 5.41) is 14.1. The van der Waals surface area contributed by atoms with Crippen molar-refractivity contribution >= 4 is 33.4 Å². The van der Waals surface area contributed by atoms with E-state index in [4.69, 9.17) is 5.11 Å². The van der Waals surface area contributed by atoms with Crippen molar-refractivity contribution in [2.45, 2.75) is 38.3 Å². The summed E-state index contributed by atoms with van der Waals surface area (Å²) >= 11 is 1.55. The number of thiophene rings is 1. The highest BCUT2D eigenvalue weighted by atomic mass is 32.1. The van der Waals surface area contributed by atoms with E-state index >= 15 is 0 Å². The SMILES string of the molecule is O=C(NC1CCC(C(=O)O)CC1)c1csc2ccn(CC#Cc3ccccc3)c12. The maximum absolute atomic E-state index is 12.9. The van der Waals surface area contributed by atoms with Gasteiger partial charge in [-0.3, -0.25) is 9.59 Å². The number of rotatable bonds is 4. The Morgan fingerprint density at radius 3 is 2.62 bits per heavy atom. The number of carbonyl (C=O) groups excluding carboxylic acids is 1. The molecule has 0 unspecified atom stereocenters. The smallest absolute Gasteiger partial charge is 0.306 e. The first kappa shape index (κ1) is 19.3. The van der Waals surface area contributed by atoms with Gasteiger partial charge in [0.2, 0.25) is 0 Å². The molecule has 5 nitrogen and oxygen atoms in total. The lowest BCUT2D eigenvalue weighted by Gasteiger charge is -2.26. The van der Waals surface area contributed by atoms with Crippen molar-refractivity contribution in [3.8, 4) is 11.8 Å². The summed E-state index contributed by atoms with van der Waals surface area (Å²) in [4.78, 5) is 24.0. The van der Waals surface area contributed by atoms with Crippen LogP contribution >= 0.6 is 11.3 Å². The number of hydrogen-bond donors (Lipinski definition) is 2. The fourth-order valence-electron chi connectivity index (χ4n) is 3.80. The zero-order chi connectivity index (χ0) is 20.2. The molecule has 2 aromatic heterocycles. The average molecular weight is 407 g/mol. The van der Waals surface area contributed by atoms with E-state index in [1.165, 1.54) is 0 Å². The van der Waals surface area contributed by atoms with E-state index in [9.17, 15) is 9.59 Å². The highest BCUT2D eigenvalue weighted by Crippen LogP contribution is 2.29. The summed E-state index contributed by atoms with van der Waals surface area (Å²) in [6, 6.07) is 11.9. The van der Waals surface area contributed by atoms with Crippen LogP contribution in [0.3, 0.4) is 0 Å². The summed E-state index contributed by atoms with van der Waals surface area (Å²) in [6.07, 6.45) is 4.62. The predicted molar refractivity (Wildman–Crippen MR) is 114 cm³/mol. The molecule has 2 heterocycles. The van der Waals surface area contributed by atoms with E-state index in [1.54, 1.807) is 11.3 Å². The van der Waals surface area contributed by atoms with Gasteiger partial charge in [0.1, 0.15) is 0 Å². The van der Waals surface area contributed by atoms with E-state index in [0.29, 0.717) is 37.8 Å². The molecule has 148 valence electrons. The summed E-state index contributed by atoms with van der Waals surface area (Å²) in [5.41, 5.74) is 2.54. The quantitative estimate of drug-likeness (QED) is 0.640. The fourth-order valence-corrected chi connectivity index (χ4v) is 4.74. The molecule has 1 aliphatic rings. The van der Waals surface area contributed by atoms with Gasteiger partial charge in [-0.1, -0.05) is 30.0 Å². The Bertz CT molecular complexity index is 1080. The molecular weight excluding hydrogens is 384 g/mol. The molecule has 29 heavy (non-hydrogen) atoms. The van der Waals surface area contributed by atoms with Crippen LogP contribution in [0.5, 0.6) is 0 Å². The van der Waals surface area contributed by atoms with E-state index in [2.05, 4.69) is 17.2 Å². The van der Waals surface area contributed by atoms with Gasteiger partial charge >= 0.3 is 5.97 Å². The predicted octanol–water partition coefficient (Wildman–Crippen LogP) is 4.13. The molecule has 1 amide bonds. The van der Waals surface area contributed by atoms with Crippen LogP contribution in [0.1, 0.15) is 41.6 Å². The van der Waals surface area contributed by atoms with E-state index in [-0.39, 0.29) is 17.9 Å². The molecule has 1 fully saturated rings. The molecule has 4 rings (SSSR count). The van der Waals surface area contributed by atoms with Crippen molar-refractivity contribution in [2.24, 2.45) is 5.92 Å². The summed E-state index contributed by atoms with van der Waals surface area (Å²) in [7, 11) is 0. The minimum Gasteiger partial charge on any atom is -0.481 e. The lowest BCUT2D eigenvalue weighted by Crippen LogP contribution is -2.38. The summed E-state index contributed by atoms with van der Waals surface area (Å²) in [6.45, 7) is 0.513. The minimum atomic E-state index is -0.733. The number of nitrogens with one attached hydrogen (secondary N) is 1. The molecule has 2 N–H and O–H groups in total. The zero-order valence-electron chi connectivity index (χ0n) is 15.9. The van der Waals surface area contributed by atoms with Crippen LogP contribution in [0.2, 0.25) is 0 Å². The Balaban J connectivity index is 1.46. The lowest BCUT2D eigenvalue weighted by molar-refractivity contribution is -0.142. The van der Waals surface area contributed by atoms with Crippen LogP contribution in [0.4, 0.5) is 0 Å². The zero-order valence-corrected chi connectivity index (χ0v) is 16.7. The largest absolute Gasteiger partial charge is 0.481 e. The summed E-state index contributed by atoms with van der Waals surface area (Å²) in [5.74, 6) is 5.23. The van der Waals surface area contributed by atoms with Crippen LogP contribution in [-0.4, -0.2) is 27.6 Å². The summed E-state index contributed by atoms with van der Waals surface area (Å²) < 4.78 is 3.07. The van der Waals surface area contributed by atoms with Gasteiger partial charge < -0.3 is 15.0 Å². The fraction of sp³-hybridized carbons (Fsp3) is 0.304. The van der Waals surface area contributed by atoms with Gasteiger partial charge in [-0.2, -0.15) is 0 Å². The Hall–Kier alpha value is -3.04. The lowest BCUT2D eigenvalue weighted by atomic mass is 9.86. The van der Waals surface area contributed by atoms with Gasteiger partial charge in [-0.25, -0.2) is 0 Å². The van der Waals surface area contributed by atoms with Crippen LogP contribution in [0.25, 0.3) is 10.2 Å². The van der Waals surface area contributed by atoms with Crippen molar-refractivity contribution in [3.63, 3.8) is 0 Å². The third kappa shape index (κ3) is 4.36. The molecule has 0 radical (unpaired) electrons. The Morgan fingerprint density at radius 1 is 1.14 bits per heavy atom. The number of fused-ring (bicyclic) bond motifs is 1. The standard InChI is InChI=1S/C23H22N2O3S/c26-22(24-18-10-8-17(9-11-18)23(27)28)19-15-29-20-12-14-25(21(19)20)13-4-7-16-5-2-1-3-6-16/h1-3,5-6,12,14-15,17-18H,8-11,13H2,(H,24,26)(H,27,28). The first-order chi connectivity index (χ1) is 14.1. The molecule has 0 bridgehead atoms. The van der Waals surface area contributed by atoms with Crippen LogP contribution < -0.4 is 5.32 Å². The third-order valence-corrected chi connectivity index (χ3v) is 6.33. The second-order valence-electron chi connectivity index (χ2n) is 7.33. The number of carbonyl (C=O) groups is 2. The number of nitrogens with zero attached hydrogens (tertiary/aromatic N) is 1. The number of benzene rings is 1. The molecule has 1 aliphatic carbocycles. The first-order valence-corrected chi connectivity index (χ1v) is 10.6. The van der Waals surface area contributed by atoms with Gasteiger partial charge in [-0.15, -0.1) is 11.3 Å². The molecular formula is C23H22N2O3S. The Labute approximate surface area is 173 Å². The van der Waals surface area contributed by atoms with Gasteiger partial charge in [0.05, 0.1) is 28.2 Å². The molecule has 3 aromatic rings. The topological polar surface area (TPSA) is 71.3 Å².